The van der Waals surface area contributed by atoms with Gasteiger partial charge in [-0.05, 0) is 50.8 Å². The average molecular weight is 423 g/mol. The van der Waals surface area contributed by atoms with Gasteiger partial charge in [0.2, 0.25) is 0 Å². The van der Waals surface area contributed by atoms with Gasteiger partial charge in [0.05, 0.1) is 19.8 Å². The molecule has 6 heteroatoms. The topological polar surface area (TPSA) is 61.8 Å². The van der Waals surface area contributed by atoms with Gasteiger partial charge in [-0.25, -0.2) is 0 Å². The van der Waals surface area contributed by atoms with Crippen molar-refractivity contribution < 1.29 is 23.8 Å². The monoisotopic (exact) mass is 422 g/mol. The predicted octanol–water partition coefficient (Wildman–Crippen LogP) is 5.25. The van der Waals surface area contributed by atoms with Gasteiger partial charge >= 0.3 is 11.9 Å². The van der Waals surface area contributed by atoms with Crippen LogP contribution >= 0.6 is 0 Å². The van der Waals surface area contributed by atoms with E-state index in [2.05, 4.69) is 20.0 Å². The number of hydrogen-bond acceptors (Lipinski definition) is 5. The normalized spacial score (nSPS) is 11.4. The van der Waals surface area contributed by atoms with Crippen molar-refractivity contribution in [2.45, 2.75) is 71.6 Å². The molecule has 0 N–H and O–H groups in total. The average Bonchev–Trinajstić information content (AvgIpc) is 2.69. The van der Waals surface area contributed by atoms with Crippen LogP contribution in [0.2, 0.25) is 25.2 Å². The number of hydrogen-bond donors (Lipinski definition) is 0. The first kappa shape index (κ1) is 25.2. The van der Waals surface area contributed by atoms with E-state index in [9.17, 15) is 9.59 Å². The molecule has 0 saturated heterocycles. The minimum Gasteiger partial charge on any atom is -0.494 e. The summed E-state index contributed by atoms with van der Waals surface area (Å²) in [6.07, 6.45) is 3.28. The maximum Gasteiger partial charge on any atom is 0.320 e. The largest absolute Gasteiger partial charge is 0.494 e. The van der Waals surface area contributed by atoms with E-state index in [0.717, 1.165) is 24.3 Å². The molecule has 0 amide bonds. The summed E-state index contributed by atoms with van der Waals surface area (Å²) < 4.78 is 15.9. The smallest absolute Gasteiger partial charge is 0.320 e. The molecule has 0 radical (unpaired) electrons. The van der Waals surface area contributed by atoms with E-state index in [1.807, 2.05) is 24.3 Å². The highest BCUT2D eigenvalue weighted by molar-refractivity contribution is 6.77. The lowest BCUT2D eigenvalue weighted by atomic mass is 9.99. The highest BCUT2D eigenvalue weighted by Gasteiger charge is 2.29. The number of esters is 2. The number of unbranched alkanes of at least 4 members (excludes halogenated alkanes) is 1. The fraction of sp³-hybridized carbons (Fsp3) is 0.652. The number of ether oxygens (including phenoxy) is 3. The molecule has 0 aliphatic rings. The summed E-state index contributed by atoms with van der Waals surface area (Å²) in [5, 5.41) is 0. The molecule has 0 saturated carbocycles. The fourth-order valence-electron chi connectivity index (χ4n) is 2.95. The first-order chi connectivity index (χ1) is 13.8. The van der Waals surface area contributed by atoms with E-state index in [-0.39, 0.29) is 13.2 Å². The Morgan fingerprint density at radius 2 is 1.52 bits per heavy atom. The van der Waals surface area contributed by atoms with Crippen LogP contribution in [0, 0.1) is 5.92 Å². The third-order valence-corrected chi connectivity index (χ3v) is 8.88. The lowest BCUT2D eigenvalue weighted by molar-refractivity contribution is -0.161. The molecule has 5 nitrogen and oxygen atoms in total. The summed E-state index contributed by atoms with van der Waals surface area (Å²) in [5.74, 6) is -1.05. The molecule has 1 aromatic carbocycles. The maximum absolute atomic E-state index is 12.0. The third kappa shape index (κ3) is 9.97. The Kier molecular flexibility index (Phi) is 11.7. The molecule has 0 aliphatic carbocycles. The van der Waals surface area contributed by atoms with E-state index in [1.54, 1.807) is 13.8 Å². The highest BCUT2D eigenvalue weighted by atomic mass is 28.3. The molecule has 0 bridgehead atoms. The van der Waals surface area contributed by atoms with Crippen LogP contribution in [0.4, 0.5) is 0 Å². The van der Waals surface area contributed by atoms with Crippen LogP contribution in [0.1, 0.15) is 45.6 Å². The van der Waals surface area contributed by atoms with Gasteiger partial charge in [-0.3, -0.25) is 9.59 Å². The van der Waals surface area contributed by atoms with Crippen LogP contribution in [0.15, 0.2) is 24.3 Å². The summed E-state index contributed by atoms with van der Waals surface area (Å²) in [4.78, 5) is 24.1. The van der Waals surface area contributed by atoms with Crippen LogP contribution < -0.4 is 4.74 Å². The molecule has 1 aromatic rings. The van der Waals surface area contributed by atoms with Gasteiger partial charge in [-0.2, -0.15) is 0 Å². The molecule has 0 unspecified atom stereocenters. The zero-order chi connectivity index (χ0) is 21.7. The van der Waals surface area contributed by atoms with Crippen molar-refractivity contribution in [2.24, 2.45) is 5.92 Å². The van der Waals surface area contributed by atoms with Crippen LogP contribution in [0.25, 0.3) is 0 Å². The molecular weight excluding hydrogens is 384 g/mol. The molecule has 0 spiro atoms. The van der Waals surface area contributed by atoms with Gasteiger partial charge in [0.1, 0.15) is 5.75 Å². The SMILES string of the molecule is CCOC(=O)C(CCc1ccc(OCCCC[Si](C)(C)CC)cc1)C(=O)OCC. The third-order valence-electron chi connectivity index (χ3n) is 5.26. The predicted molar refractivity (Wildman–Crippen MR) is 119 cm³/mol. The Morgan fingerprint density at radius 3 is 2.03 bits per heavy atom. The lowest BCUT2D eigenvalue weighted by Crippen LogP contribution is -2.28. The molecule has 0 fully saturated rings. The van der Waals surface area contributed by atoms with Gasteiger partial charge in [0.25, 0.3) is 0 Å². The van der Waals surface area contributed by atoms with Gasteiger partial charge in [0.15, 0.2) is 5.92 Å². The summed E-state index contributed by atoms with van der Waals surface area (Å²) in [6, 6.07) is 10.6. The van der Waals surface area contributed by atoms with Crippen molar-refractivity contribution in [2.75, 3.05) is 19.8 Å². The number of aryl methyl sites for hydroxylation is 1. The molecule has 0 atom stereocenters. The van der Waals surface area contributed by atoms with Crippen LogP contribution in [0.5, 0.6) is 5.75 Å². The molecule has 164 valence electrons. The molecule has 29 heavy (non-hydrogen) atoms. The second kappa shape index (κ2) is 13.4. The van der Waals surface area contributed by atoms with Crippen LogP contribution in [0.3, 0.4) is 0 Å². The Labute approximate surface area is 177 Å². The van der Waals surface area contributed by atoms with Gasteiger partial charge < -0.3 is 14.2 Å². The Morgan fingerprint density at radius 1 is 0.931 bits per heavy atom. The Balaban J connectivity index is 2.45. The van der Waals surface area contributed by atoms with Crippen molar-refractivity contribution in [3.05, 3.63) is 29.8 Å². The van der Waals surface area contributed by atoms with E-state index >= 15 is 0 Å². The zero-order valence-corrected chi connectivity index (χ0v) is 19.8. The second-order valence-corrected chi connectivity index (χ2v) is 13.6. The number of carbonyl (C=O) groups is 2. The molecule has 0 heterocycles. The summed E-state index contributed by atoms with van der Waals surface area (Å²) >= 11 is 0. The van der Waals surface area contributed by atoms with Crippen LogP contribution in [-0.4, -0.2) is 39.8 Å². The quantitative estimate of drug-likeness (QED) is 0.177. The fourth-order valence-corrected chi connectivity index (χ4v) is 4.51. The Hall–Kier alpha value is -1.82. The van der Waals surface area contributed by atoms with Gasteiger partial charge in [-0.15, -0.1) is 0 Å². The molecule has 0 aliphatic heterocycles. The van der Waals surface area contributed by atoms with Crippen molar-refractivity contribution in [3.8, 4) is 5.75 Å². The van der Waals surface area contributed by atoms with Crippen molar-refractivity contribution in [1.82, 2.24) is 0 Å². The minimum atomic E-state index is -0.981. The number of carbonyl (C=O) groups excluding carboxylic acids is 2. The summed E-state index contributed by atoms with van der Waals surface area (Å²) in [6.45, 7) is 11.9. The summed E-state index contributed by atoms with van der Waals surface area (Å²) in [7, 11) is -0.981. The Bertz CT molecular complexity index is 594. The number of benzene rings is 1. The van der Waals surface area contributed by atoms with E-state index in [0.29, 0.717) is 12.8 Å². The standard InChI is InChI=1S/C23H38O5Si/c1-6-26-22(24)21(23(25)27-7-2)16-13-19-11-14-20(15-12-19)28-17-9-10-18-29(4,5)8-3/h11-12,14-15,21H,6-10,13,16-18H2,1-5H3. The van der Waals surface area contributed by atoms with E-state index in [1.165, 1.54) is 18.5 Å². The zero-order valence-electron chi connectivity index (χ0n) is 18.8. The lowest BCUT2D eigenvalue weighted by Gasteiger charge is -2.19. The van der Waals surface area contributed by atoms with E-state index in [4.69, 9.17) is 14.2 Å². The van der Waals surface area contributed by atoms with Crippen molar-refractivity contribution >= 4 is 20.0 Å². The van der Waals surface area contributed by atoms with Gasteiger partial charge in [-0.1, -0.05) is 50.7 Å². The minimum absolute atomic E-state index is 0.249. The first-order valence-corrected chi connectivity index (χ1v) is 14.3. The van der Waals surface area contributed by atoms with Crippen LogP contribution in [-0.2, 0) is 25.5 Å². The first-order valence-electron chi connectivity index (χ1n) is 10.9. The van der Waals surface area contributed by atoms with Gasteiger partial charge in [0, 0.05) is 8.07 Å². The molecule has 1 rings (SSSR count). The van der Waals surface area contributed by atoms with Crippen molar-refractivity contribution in [3.63, 3.8) is 0 Å². The summed E-state index contributed by atoms with van der Waals surface area (Å²) in [5.41, 5.74) is 1.05. The highest BCUT2D eigenvalue weighted by Crippen LogP contribution is 2.20. The van der Waals surface area contributed by atoms with E-state index < -0.39 is 25.9 Å². The molecular formula is C23H38O5Si. The second-order valence-electron chi connectivity index (χ2n) is 8.06. The van der Waals surface area contributed by atoms with Crippen molar-refractivity contribution in [1.29, 1.82) is 0 Å². The number of rotatable bonds is 14. The maximum atomic E-state index is 12.0. The molecule has 0 aromatic heterocycles.